The molecular formula is C25H28N4O. The Bertz CT molecular complexity index is 870. The van der Waals surface area contributed by atoms with Gasteiger partial charge in [0.1, 0.15) is 5.82 Å². The highest BCUT2D eigenvalue weighted by Crippen LogP contribution is 2.28. The summed E-state index contributed by atoms with van der Waals surface area (Å²) in [6.07, 6.45) is 7.82. The van der Waals surface area contributed by atoms with Gasteiger partial charge in [0.15, 0.2) is 0 Å². The lowest BCUT2D eigenvalue weighted by atomic mass is 9.88. The van der Waals surface area contributed by atoms with E-state index in [2.05, 4.69) is 44.5 Å². The molecule has 1 aliphatic heterocycles. The molecule has 3 aromatic rings. The van der Waals surface area contributed by atoms with Gasteiger partial charge >= 0.3 is 0 Å². The van der Waals surface area contributed by atoms with Crippen molar-refractivity contribution in [3.8, 4) is 0 Å². The summed E-state index contributed by atoms with van der Waals surface area (Å²) >= 11 is 0. The standard InChI is InChI=1S/C25H28N4O/c30-25(17-23(21-7-3-1-4-8-21)22-9-5-2-6-10-22)28-18-20-11-15-29(16-12-20)24-19-26-13-14-27-24/h1-10,13-14,19-20,23H,11-12,15-18H2,(H,28,30). The van der Waals surface area contributed by atoms with Crippen molar-refractivity contribution in [1.29, 1.82) is 0 Å². The number of nitrogens with one attached hydrogen (secondary N) is 1. The van der Waals surface area contributed by atoms with Gasteiger partial charge in [0.25, 0.3) is 0 Å². The summed E-state index contributed by atoms with van der Waals surface area (Å²) in [5, 5.41) is 3.19. The number of anilines is 1. The van der Waals surface area contributed by atoms with Crippen molar-refractivity contribution in [2.45, 2.75) is 25.2 Å². The third-order valence-electron chi connectivity index (χ3n) is 5.87. The largest absolute Gasteiger partial charge is 0.356 e. The van der Waals surface area contributed by atoms with E-state index in [9.17, 15) is 4.79 Å². The Morgan fingerprint density at radius 3 is 2.17 bits per heavy atom. The van der Waals surface area contributed by atoms with Crippen molar-refractivity contribution in [1.82, 2.24) is 15.3 Å². The second-order valence-electron chi connectivity index (χ2n) is 7.88. The quantitative estimate of drug-likeness (QED) is 0.651. The van der Waals surface area contributed by atoms with Crippen LogP contribution in [0.1, 0.15) is 36.3 Å². The molecule has 0 spiro atoms. The van der Waals surface area contributed by atoms with E-state index in [1.165, 1.54) is 11.1 Å². The SMILES string of the molecule is O=C(CC(c1ccccc1)c1ccccc1)NCC1CCN(c2cnccn2)CC1. The van der Waals surface area contributed by atoms with Crippen molar-refractivity contribution in [3.05, 3.63) is 90.4 Å². The molecule has 2 aromatic carbocycles. The van der Waals surface area contributed by atoms with Gasteiger partial charge in [-0.25, -0.2) is 4.98 Å². The number of hydrogen-bond donors (Lipinski definition) is 1. The molecule has 4 rings (SSSR count). The molecule has 0 atom stereocenters. The molecule has 0 unspecified atom stereocenters. The maximum atomic E-state index is 12.8. The number of rotatable bonds is 7. The van der Waals surface area contributed by atoms with E-state index in [-0.39, 0.29) is 11.8 Å². The van der Waals surface area contributed by atoms with Crippen LogP contribution in [0, 0.1) is 5.92 Å². The zero-order chi connectivity index (χ0) is 20.6. The minimum absolute atomic E-state index is 0.0749. The predicted octanol–water partition coefficient (Wildman–Crippen LogP) is 4.03. The van der Waals surface area contributed by atoms with Crippen LogP contribution in [-0.4, -0.2) is 35.5 Å². The summed E-state index contributed by atoms with van der Waals surface area (Å²) in [5.74, 6) is 1.64. The number of carbonyl (C=O) groups is 1. The maximum Gasteiger partial charge on any atom is 0.220 e. The zero-order valence-electron chi connectivity index (χ0n) is 17.2. The Kier molecular flexibility index (Phi) is 6.70. The summed E-state index contributed by atoms with van der Waals surface area (Å²) in [6, 6.07) is 20.6. The van der Waals surface area contributed by atoms with Gasteiger partial charge < -0.3 is 10.2 Å². The van der Waals surface area contributed by atoms with Gasteiger partial charge in [0, 0.05) is 44.4 Å². The van der Waals surface area contributed by atoms with Gasteiger partial charge in [-0.15, -0.1) is 0 Å². The second-order valence-corrected chi connectivity index (χ2v) is 7.88. The van der Waals surface area contributed by atoms with Crippen molar-refractivity contribution in [2.24, 2.45) is 5.92 Å². The minimum Gasteiger partial charge on any atom is -0.356 e. The van der Waals surface area contributed by atoms with Crippen LogP contribution in [0.5, 0.6) is 0 Å². The van der Waals surface area contributed by atoms with Gasteiger partial charge in [-0.2, -0.15) is 0 Å². The molecule has 2 heterocycles. The topological polar surface area (TPSA) is 58.1 Å². The highest BCUT2D eigenvalue weighted by atomic mass is 16.1. The molecule has 0 bridgehead atoms. The fraction of sp³-hybridized carbons (Fsp3) is 0.320. The predicted molar refractivity (Wildman–Crippen MR) is 119 cm³/mol. The maximum absolute atomic E-state index is 12.8. The highest BCUT2D eigenvalue weighted by Gasteiger charge is 2.22. The van der Waals surface area contributed by atoms with E-state index in [0.29, 0.717) is 12.3 Å². The van der Waals surface area contributed by atoms with Gasteiger partial charge in [-0.05, 0) is 29.9 Å². The van der Waals surface area contributed by atoms with Crippen LogP contribution >= 0.6 is 0 Å². The number of hydrogen-bond acceptors (Lipinski definition) is 4. The first kappa shape index (κ1) is 20.1. The first-order chi connectivity index (χ1) is 14.8. The van der Waals surface area contributed by atoms with Crippen molar-refractivity contribution in [3.63, 3.8) is 0 Å². The van der Waals surface area contributed by atoms with Gasteiger partial charge in [-0.3, -0.25) is 9.78 Å². The Morgan fingerprint density at radius 2 is 1.60 bits per heavy atom. The van der Waals surface area contributed by atoms with E-state index in [1.54, 1.807) is 12.4 Å². The average molecular weight is 401 g/mol. The van der Waals surface area contributed by atoms with Gasteiger partial charge in [-0.1, -0.05) is 60.7 Å². The van der Waals surface area contributed by atoms with Crippen molar-refractivity contribution < 1.29 is 4.79 Å². The average Bonchev–Trinajstić information content (AvgIpc) is 2.83. The molecule has 1 aliphatic rings. The number of piperidine rings is 1. The first-order valence-electron chi connectivity index (χ1n) is 10.7. The summed E-state index contributed by atoms with van der Waals surface area (Å²) in [7, 11) is 0. The Hall–Kier alpha value is -3.21. The summed E-state index contributed by atoms with van der Waals surface area (Å²) in [4.78, 5) is 23.6. The fourth-order valence-electron chi connectivity index (χ4n) is 4.14. The normalized spacial score (nSPS) is 14.6. The first-order valence-corrected chi connectivity index (χ1v) is 10.7. The highest BCUT2D eigenvalue weighted by molar-refractivity contribution is 5.77. The van der Waals surface area contributed by atoms with Crippen molar-refractivity contribution in [2.75, 3.05) is 24.5 Å². The molecule has 1 N–H and O–H groups in total. The summed E-state index contributed by atoms with van der Waals surface area (Å²) in [6.45, 7) is 2.65. The van der Waals surface area contributed by atoms with Crippen LogP contribution < -0.4 is 10.2 Å². The molecule has 0 radical (unpaired) electrons. The number of carbonyl (C=O) groups excluding carboxylic acids is 1. The van der Waals surface area contributed by atoms with Crippen LogP contribution in [0.15, 0.2) is 79.3 Å². The summed E-state index contributed by atoms with van der Waals surface area (Å²) in [5.41, 5.74) is 2.35. The van der Waals surface area contributed by atoms with Crippen LogP contribution in [0.4, 0.5) is 5.82 Å². The smallest absolute Gasteiger partial charge is 0.220 e. The van der Waals surface area contributed by atoms with E-state index >= 15 is 0 Å². The zero-order valence-corrected chi connectivity index (χ0v) is 17.2. The molecule has 1 saturated heterocycles. The minimum atomic E-state index is 0.0749. The lowest BCUT2D eigenvalue weighted by Gasteiger charge is -2.32. The fourth-order valence-corrected chi connectivity index (χ4v) is 4.14. The molecule has 30 heavy (non-hydrogen) atoms. The van der Waals surface area contributed by atoms with E-state index < -0.39 is 0 Å². The van der Waals surface area contributed by atoms with Crippen molar-refractivity contribution >= 4 is 11.7 Å². The lowest BCUT2D eigenvalue weighted by Crippen LogP contribution is -2.39. The van der Waals surface area contributed by atoms with E-state index in [1.807, 2.05) is 42.6 Å². The van der Waals surface area contributed by atoms with E-state index in [0.717, 1.165) is 38.3 Å². The molecular weight excluding hydrogens is 372 g/mol. The van der Waals surface area contributed by atoms with E-state index in [4.69, 9.17) is 0 Å². The number of nitrogens with zero attached hydrogens (tertiary/aromatic N) is 3. The number of aromatic nitrogens is 2. The molecule has 1 amide bonds. The Morgan fingerprint density at radius 1 is 0.967 bits per heavy atom. The lowest BCUT2D eigenvalue weighted by molar-refractivity contribution is -0.121. The second kappa shape index (κ2) is 10.0. The van der Waals surface area contributed by atoms with Gasteiger partial charge in [0.05, 0.1) is 6.20 Å². The third-order valence-corrected chi connectivity index (χ3v) is 5.87. The van der Waals surface area contributed by atoms with Crippen LogP contribution in [0.25, 0.3) is 0 Å². The summed E-state index contributed by atoms with van der Waals surface area (Å²) < 4.78 is 0. The molecule has 0 saturated carbocycles. The molecule has 1 fully saturated rings. The molecule has 154 valence electrons. The van der Waals surface area contributed by atoms with Crippen LogP contribution in [0.2, 0.25) is 0 Å². The van der Waals surface area contributed by atoms with Crippen LogP contribution in [-0.2, 0) is 4.79 Å². The van der Waals surface area contributed by atoms with Gasteiger partial charge in [0.2, 0.25) is 5.91 Å². The Labute approximate surface area is 178 Å². The third kappa shape index (κ3) is 5.23. The Balaban J connectivity index is 1.30. The molecule has 5 nitrogen and oxygen atoms in total. The number of benzene rings is 2. The molecule has 5 heteroatoms. The molecule has 0 aliphatic carbocycles. The number of amides is 1. The monoisotopic (exact) mass is 400 g/mol. The van der Waals surface area contributed by atoms with Crippen LogP contribution in [0.3, 0.4) is 0 Å². The molecule has 1 aromatic heterocycles.